The topological polar surface area (TPSA) is 35.5 Å². The van der Waals surface area contributed by atoms with Crippen molar-refractivity contribution in [1.82, 2.24) is 0 Å². The van der Waals surface area contributed by atoms with Crippen molar-refractivity contribution in [3.05, 3.63) is 69.7 Å². The molecule has 1 unspecified atom stereocenters. The quantitative estimate of drug-likeness (QED) is 0.521. The SMILES string of the molecule is CCOP1(=O)CCC([Se]c2ccccc2)=C(c2cc(C)cc(C)c2)O1. The van der Waals surface area contributed by atoms with E-state index in [1.807, 2.05) is 13.0 Å². The van der Waals surface area contributed by atoms with Crippen molar-refractivity contribution in [3.8, 4) is 0 Å². The van der Waals surface area contributed by atoms with Gasteiger partial charge in [0.15, 0.2) is 0 Å². The summed E-state index contributed by atoms with van der Waals surface area (Å²) in [5.74, 6) is 0.763. The van der Waals surface area contributed by atoms with Crippen LogP contribution in [0, 0.1) is 13.8 Å². The number of hydrogen-bond acceptors (Lipinski definition) is 3. The number of benzene rings is 2. The summed E-state index contributed by atoms with van der Waals surface area (Å²) in [5.41, 5.74) is 3.36. The van der Waals surface area contributed by atoms with E-state index in [0.717, 1.165) is 17.7 Å². The molecule has 1 atom stereocenters. The van der Waals surface area contributed by atoms with Crippen molar-refractivity contribution in [2.24, 2.45) is 0 Å². The van der Waals surface area contributed by atoms with Crippen molar-refractivity contribution >= 4 is 32.8 Å². The molecular formula is C20H23O3PSe. The van der Waals surface area contributed by atoms with Crippen LogP contribution in [0.4, 0.5) is 0 Å². The van der Waals surface area contributed by atoms with E-state index in [1.54, 1.807) is 0 Å². The van der Waals surface area contributed by atoms with Gasteiger partial charge in [-0.25, -0.2) is 0 Å². The minimum absolute atomic E-state index is 0.145. The zero-order valence-electron chi connectivity index (χ0n) is 14.8. The third kappa shape index (κ3) is 4.65. The van der Waals surface area contributed by atoms with Crippen LogP contribution < -0.4 is 4.46 Å². The fraction of sp³-hybridized carbons (Fsp3) is 0.300. The van der Waals surface area contributed by atoms with Crippen LogP contribution in [-0.4, -0.2) is 27.7 Å². The molecule has 0 saturated carbocycles. The summed E-state index contributed by atoms with van der Waals surface area (Å²) < 4.78 is 27.0. The molecule has 1 aliphatic rings. The van der Waals surface area contributed by atoms with E-state index < -0.39 is 7.60 Å². The van der Waals surface area contributed by atoms with Gasteiger partial charge in [0, 0.05) is 0 Å². The summed E-state index contributed by atoms with van der Waals surface area (Å²) in [6, 6.07) is 16.8. The molecule has 0 radical (unpaired) electrons. The summed E-state index contributed by atoms with van der Waals surface area (Å²) in [5, 5.41) is 0. The molecular weight excluding hydrogens is 398 g/mol. The standard InChI is InChI=1S/C20H23O3PSe/c1-4-22-24(21)11-10-19(25-18-8-6-5-7-9-18)20(23-24)17-13-15(2)12-16(3)14-17/h5-9,12-14H,4,10-11H2,1-3H3. The maximum absolute atomic E-state index is 12.9. The molecule has 25 heavy (non-hydrogen) atoms. The van der Waals surface area contributed by atoms with Crippen LogP contribution in [0.25, 0.3) is 5.76 Å². The Kier molecular flexibility index (Phi) is 5.86. The van der Waals surface area contributed by atoms with Crippen LogP contribution >= 0.6 is 7.60 Å². The van der Waals surface area contributed by atoms with Gasteiger partial charge in [0.1, 0.15) is 0 Å². The van der Waals surface area contributed by atoms with Gasteiger partial charge in [-0.15, -0.1) is 0 Å². The predicted molar refractivity (Wildman–Crippen MR) is 104 cm³/mol. The van der Waals surface area contributed by atoms with Gasteiger partial charge in [-0.05, 0) is 0 Å². The molecule has 1 heterocycles. The molecule has 0 aromatic heterocycles. The molecule has 0 saturated heterocycles. The monoisotopic (exact) mass is 422 g/mol. The van der Waals surface area contributed by atoms with E-state index in [-0.39, 0.29) is 15.0 Å². The van der Waals surface area contributed by atoms with E-state index in [0.29, 0.717) is 12.8 Å². The first-order valence-electron chi connectivity index (χ1n) is 8.47. The first kappa shape index (κ1) is 18.5. The van der Waals surface area contributed by atoms with E-state index in [9.17, 15) is 4.57 Å². The van der Waals surface area contributed by atoms with Crippen molar-refractivity contribution in [2.75, 3.05) is 12.8 Å². The van der Waals surface area contributed by atoms with Crippen LogP contribution in [0.3, 0.4) is 0 Å². The van der Waals surface area contributed by atoms with Crippen LogP contribution in [-0.2, 0) is 13.6 Å². The molecule has 3 rings (SSSR count). The van der Waals surface area contributed by atoms with E-state index >= 15 is 0 Å². The third-order valence-electron chi connectivity index (χ3n) is 3.89. The summed E-state index contributed by atoms with van der Waals surface area (Å²) in [7, 11) is -3.06. The van der Waals surface area contributed by atoms with Crippen LogP contribution in [0.5, 0.6) is 0 Å². The summed E-state index contributed by atoms with van der Waals surface area (Å²) in [6.07, 6.45) is 1.22. The Bertz CT molecular complexity index is 810. The fourth-order valence-corrected chi connectivity index (χ4v) is 7.23. The second-order valence-corrected chi connectivity index (χ2v) is 10.7. The first-order valence-corrected chi connectivity index (χ1v) is 11.9. The van der Waals surface area contributed by atoms with Crippen LogP contribution in [0.2, 0.25) is 0 Å². The molecule has 0 spiro atoms. The fourth-order valence-electron chi connectivity index (χ4n) is 2.92. The Morgan fingerprint density at radius 1 is 1.12 bits per heavy atom. The predicted octanol–water partition coefficient (Wildman–Crippen LogP) is 4.65. The molecule has 0 aliphatic carbocycles. The number of aryl methyl sites for hydroxylation is 2. The van der Waals surface area contributed by atoms with Gasteiger partial charge in [-0.3, -0.25) is 0 Å². The summed E-state index contributed by atoms with van der Waals surface area (Å²) >= 11 is 0.145. The molecule has 3 nitrogen and oxygen atoms in total. The van der Waals surface area contributed by atoms with Gasteiger partial charge in [-0.2, -0.15) is 0 Å². The second kappa shape index (κ2) is 7.93. The Labute approximate surface area is 156 Å². The Balaban J connectivity index is 2.03. The van der Waals surface area contributed by atoms with Crippen LogP contribution in [0.1, 0.15) is 30.0 Å². The molecule has 0 N–H and O–H groups in total. The van der Waals surface area contributed by atoms with E-state index in [4.69, 9.17) is 9.05 Å². The first-order chi connectivity index (χ1) is 12.0. The molecule has 1 aliphatic heterocycles. The Morgan fingerprint density at radius 2 is 1.80 bits per heavy atom. The van der Waals surface area contributed by atoms with Crippen molar-refractivity contribution < 1.29 is 13.6 Å². The second-order valence-electron chi connectivity index (χ2n) is 6.14. The molecule has 2 aromatic carbocycles. The molecule has 2 aromatic rings. The number of rotatable bonds is 5. The zero-order chi connectivity index (χ0) is 17.9. The Hall–Kier alpha value is -1.31. The van der Waals surface area contributed by atoms with E-state index in [1.165, 1.54) is 20.1 Å². The van der Waals surface area contributed by atoms with E-state index in [2.05, 4.69) is 56.3 Å². The Morgan fingerprint density at radius 3 is 2.44 bits per heavy atom. The van der Waals surface area contributed by atoms with Crippen molar-refractivity contribution in [3.63, 3.8) is 0 Å². The number of hydrogen-bond donors (Lipinski definition) is 0. The van der Waals surface area contributed by atoms with Gasteiger partial charge in [0.2, 0.25) is 0 Å². The minimum atomic E-state index is -3.06. The molecule has 0 bridgehead atoms. The average molecular weight is 421 g/mol. The summed E-state index contributed by atoms with van der Waals surface area (Å²) in [4.78, 5) is 0. The van der Waals surface area contributed by atoms with Gasteiger partial charge < -0.3 is 0 Å². The van der Waals surface area contributed by atoms with Gasteiger partial charge >= 0.3 is 156 Å². The zero-order valence-corrected chi connectivity index (χ0v) is 17.4. The average Bonchev–Trinajstić information content (AvgIpc) is 2.57. The van der Waals surface area contributed by atoms with Gasteiger partial charge in [0.25, 0.3) is 0 Å². The normalized spacial score (nSPS) is 20.4. The maximum atomic E-state index is 12.9. The molecule has 5 heteroatoms. The molecule has 132 valence electrons. The van der Waals surface area contributed by atoms with Crippen molar-refractivity contribution in [2.45, 2.75) is 27.2 Å². The molecule has 0 amide bonds. The van der Waals surface area contributed by atoms with Gasteiger partial charge in [-0.1, -0.05) is 0 Å². The molecule has 0 fully saturated rings. The van der Waals surface area contributed by atoms with Gasteiger partial charge in [0.05, 0.1) is 0 Å². The summed E-state index contributed by atoms with van der Waals surface area (Å²) in [6.45, 7) is 6.40. The number of allylic oxidation sites excluding steroid dienone is 1. The third-order valence-corrected chi connectivity index (χ3v) is 8.17. The van der Waals surface area contributed by atoms with Crippen molar-refractivity contribution in [1.29, 1.82) is 0 Å². The van der Waals surface area contributed by atoms with Crippen LogP contribution in [0.15, 0.2) is 53.0 Å².